The minimum absolute atomic E-state index is 0.0815. The van der Waals surface area contributed by atoms with Crippen molar-refractivity contribution in [2.75, 3.05) is 6.54 Å². The second-order valence-electron chi connectivity index (χ2n) is 6.03. The summed E-state index contributed by atoms with van der Waals surface area (Å²) in [5.74, 6) is 0.792. The van der Waals surface area contributed by atoms with Gasteiger partial charge < -0.3 is 4.42 Å². The van der Waals surface area contributed by atoms with Crippen molar-refractivity contribution in [1.82, 2.24) is 30.3 Å². The van der Waals surface area contributed by atoms with Crippen LogP contribution in [-0.2, 0) is 6.54 Å². The number of piperidine rings is 1. The second kappa shape index (κ2) is 6.60. The molecule has 25 heavy (non-hydrogen) atoms. The highest BCUT2D eigenvalue weighted by molar-refractivity contribution is 5.53. The van der Waals surface area contributed by atoms with Crippen LogP contribution in [0.5, 0.6) is 0 Å². The smallest absolute Gasteiger partial charge is 0.340 e. The van der Waals surface area contributed by atoms with E-state index in [1.54, 1.807) is 18.2 Å². The van der Waals surface area contributed by atoms with Crippen molar-refractivity contribution in [2.24, 2.45) is 0 Å². The molecule has 0 saturated carbocycles. The summed E-state index contributed by atoms with van der Waals surface area (Å²) in [6.45, 7) is 1.30. The maximum atomic E-state index is 13.9. The molecule has 1 aliphatic heterocycles. The average molecular weight is 344 g/mol. The number of hydrogen-bond acceptors (Lipinski definition) is 6. The molecule has 8 nitrogen and oxygen atoms in total. The largest absolute Gasteiger partial charge is 0.419 e. The van der Waals surface area contributed by atoms with Crippen molar-refractivity contribution in [3.8, 4) is 11.5 Å². The van der Waals surface area contributed by atoms with E-state index in [9.17, 15) is 9.18 Å². The Morgan fingerprint density at radius 2 is 2.16 bits per heavy atom. The first-order valence-corrected chi connectivity index (χ1v) is 8.16. The third kappa shape index (κ3) is 3.22. The van der Waals surface area contributed by atoms with Gasteiger partial charge in [0.15, 0.2) is 0 Å². The molecule has 1 aliphatic rings. The summed E-state index contributed by atoms with van der Waals surface area (Å²) < 4.78 is 19.7. The third-order valence-corrected chi connectivity index (χ3v) is 4.35. The van der Waals surface area contributed by atoms with Gasteiger partial charge in [-0.05, 0) is 31.5 Å². The summed E-state index contributed by atoms with van der Waals surface area (Å²) >= 11 is 0. The Labute approximate surface area is 142 Å². The highest BCUT2D eigenvalue weighted by Crippen LogP contribution is 2.32. The molecule has 3 heterocycles. The van der Waals surface area contributed by atoms with Crippen LogP contribution in [0, 0.1) is 5.82 Å². The number of aromatic nitrogens is 5. The molecule has 0 amide bonds. The van der Waals surface area contributed by atoms with E-state index >= 15 is 0 Å². The molecule has 4 rings (SSSR count). The van der Waals surface area contributed by atoms with Crippen LogP contribution in [0.4, 0.5) is 4.39 Å². The number of aromatic amines is 2. The van der Waals surface area contributed by atoms with Crippen LogP contribution in [0.3, 0.4) is 0 Å². The standard InChI is InChI=1S/C16H17FN6O2/c17-11-6-2-1-5-10(11)14-20-21-15(25-14)12-7-3-4-8-23(12)9-13-18-16(24)22-19-13/h1-2,5-6,12H,3-4,7-9H2,(H2,18,19,22,24)/t12-/m1/s1. The number of rotatable bonds is 4. The first kappa shape index (κ1) is 15.7. The fourth-order valence-electron chi connectivity index (χ4n) is 3.15. The lowest BCUT2D eigenvalue weighted by Crippen LogP contribution is -2.33. The predicted octanol–water partition coefficient (Wildman–Crippen LogP) is 2.01. The van der Waals surface area contributed by atoms with Gasteiger partial charge in [0.25, 0.3) is 5.89 Å². The van der Waals surface area contributed by atoms with E-state index in [2.05, 4.69) is 30.3 Å². The van der Waals surface area contributed by atoms with Crippen LogP contribution in [-0.4, -0.2) is 36.8 Å². The molecular formula is C16H17FN6O2. The molecule has 2 aromatic heterocycles. The van der Waals surface area contributed by atoms with Crippen molar-refractivity contribution in [2.45, 2.75) is 31.8 Å². The van der Waals surface area contributed by atoms with Gasteiger partial charge in [0.2, 0.25) is 5.89 Å². The van der Waals surface area contributed by atoms with Crippen LogP contribution in [0.25, 0.3) is 11.5 Å². The lowest BCUT2D eigenvalue weighted by molar-refractivity contribution is 0.115. The fourth-order valence-corrected chi connectivity index (χ4v) is 3.15. The van der Waals surface area contributed by atoms with E-state index in [0.29, 0.717) is 23.8 Å². The molecule has 9 heteroatoms. The molecule has 0 unspecified atom stereocenters. The lowest BCUT2D eigenvalue weighted by atomic mass is 10.0. The third-order valence-electron chi connectivity index (χ3n) is 4.35. The number of likely N-dealkylation sites (tertiary alicyclic amines) is 1. The quantitative estimate of drug-likeness (QED) is 0.750. The second-order valence-corrected chi connectivity index (χ2v) is 6.03. The maximum absolute atomic E-state index is 13.9. The highest BCUT2D eigenvalue weighted by Gasteiger charge is 2.29. The van der Waals surface area contributed by atoms with Crippen LogP contribution in [0.15, 0.2) is 33.5 Å². The molecular weight excluding hydrogens is 327 g/mol. The summed E-state index contributed by atoms with van der Waals surface area (Å²) in [5.41, 5.74) is -0.0385. The number of nitrogens with one attached hydrogen (secondary N) is 2. The number of halogens is 1. The van der Waals surface area contributed by atoms with Crippen molar-refractivity contribution < 1.29 is 8.81 Å². The number of benzene rings is 1. The molecule has 130 valence electrons. The Morgan fingerprint density at radius 1 is 1.28 bits per heavy atom. The van der Waals surface area contributed by atoms with Gasteiger partial charge in [0, 0.05) is 0 Å². The summed E-state index contributed by atoms with van der Waals surface area (Å²) in [5, 5.41) is 14.4. The van der Waals surface area contributed by atoms with Gasteiger partial charge in [-0.25, -0.2) is 14.3 Å². The topological polar surface area (TPSA) is 104 Å². The van der Waals surface area contributed by atoms with E-state index in [4.69, 9.17) is 4.42 Å². The van der Waals surface area contributed by atoms with Crippen molar-refractivity contribution >= 4 is 0 Å². The van der Waals surface area contributed by atoms with Gasteiger partial charge in [-0.2, -0.15) is 5.10 Å². The zero-order valence-corrected chi connectivity index (χ0v) is 13.4. The van der Waals surface area contributed by atoms with E-state index in [1.807, 2.05) is 0 Å². The number of H-pyrrole nitrogens is 2. The monoisotopic (exact) mass is 344 g/mol. The van der Waals surface area contributed by atoms with Gasteiger partial charge in [0.1, 0.15) is 11.6 Å². The fraction of sp³-hybridized carbons (Fsp3) is 0.375. The molecule has 0 spiro atoms. The van der Waals surface area contributed by atoms with E-state index in [0.717, 1.165) is 25.8 Å². The lowest BCUT2D eigenvalue weighted by Gasteiger charge is -2.32. The summed E-state index contributed by atoms with van der Waals surface area (Å²) in [6.07, 6.45) is 2.93. The summed E-state index contributed by atoms with van der Waals surface area (Å²) in [4.78, 5) is 16.0. The Morgan fingerprint density at radius 3 is 2.96 bits per heavy atom. The first-order chi connectivity index (χ1) is 12.2. The average Bonchev–Trinajstić information content (AvgIpc) is 3.25. The Kier molecular flexibility index (Phi) is 4.14. The molecule has 1 aromatic carbocycles. The minimum atomic E-state index is -0.396. The minimum Gasteiger partial charge on any atom is -0.419 e. The normalized spacial score (nSPS) is 18.5. The van der Waals surface area contributed by atoms with Crippen LogP contribution in [0.2, 0.25) is 0 Å². The van der Waals surface area contributed by atoms with Crippen LogP contribution >= 0.6 is 0 Å². The number of nitrogens with zero attached hydrogens (tertiary/aromatic N) is 4. The number of hydrogen-bond donors (Lipinski definition) is 2. The molecule has 0 bridgehead atoms. The zero-order chi connectivity index (χ0) is 17.2. The SMILES string of the molecule is O=c1[nH]nc(CN2CCCC[C@@H]2c2nnc(-c3ccccc3F)o2)[nH]1. The predicted molar refractivity (Wildman–Crippen MR) is 85.9 cm³/mol. The molecule has 1 saturated heterocycles. The van der Waals surface area contributed by atoms with Crippen molar-refractivity contribution in [3.05, 3.63) is 52.3 Å². The molecule has 0 radical (unpaired) electrons. The Bertz CT molecular complexity index is 917. The molecule has 1 fully saturated rings. The maximum Gasteiger partial charge on any atom is 0.340 e. The first-order valence-electron chi connectivity index (χ1n) is 8.16. The zero-order valence-electron chi connectivity index (χ0n) is 13.4. The Hall–Kier alpha value is -2.81. The molecule has 3 aromatic rings. The van der Waals surface area contributed by atoms with E-state index in [-0.39, 0.29) is 17.6 Å². The highest BCUT2D eigenvalue weighted by atomic mass is 19.1. The van der Waals surface area contributed by atoms with Crippen molar-refractivity contribution in [3.63, 3.8) is 0 Å². The van der Waals surface area contributed by atoms with E-state index in [1.165, 1.54) is 6.07 Å². The van der Waals surface area contributed by atoms with Gasteiger partial charge in [0.05, 0.1) is 18.2 Å². The van der Waals surface area contributed by atoms with Gasteiger partial charge in [-0.1, -0.05) is 18.6 Å². The van der Waals surface area contributed by atoms with Crippen LogP contribution < -0.4 is 5.69 Å². The van der Waals surface area contributed by atoms with Crippen molar-refractivity contribution in [1.29, 1.82) is 0 Å². The summed E-state index contributed by atoms with van der Waals surface area (Å²) in [7, 11) is 0. The van der Waals surface area contributed by atoms with Gasteiger partial charge >= 0.3 is 5.69 Å². The van der Waals surface area contributed by atoms with E-state index < -0.39 is 5.82 Å². The molecule has 1 atom stereocenters. The summed E-state index contributed by atoms with van der Waals surface area (Å²) in [6, 6.07) is 6.23. The Balaban J connectivity index is 1.58. The molecule has 2 N–H and O–H groups in total. The molecule has 0 aliphatic carbocycles. The van der Waals surface area contributed by atoms with Gasteiger partial charge in [-0.15, -0.1) is 10.2 Å². The van der Waals surface area contributed by atoms with Crippen LogP contribution in [0.1, 0.15) is 37.0 Å². The van der Waals surface area contributed by atoms with Gasteiger partial charge in [-0.3, -0.25) is 9.88 Å².